The lowest BCUT2D eigenvalue weighted by Gasteiger charge is -2.27. The number of rotatable bonds is 6. The molecular weight excluding hydrogens is 805 g/mol. The van der Waals surface area contributed by atoms with Gasteiger partial charge in [-0.05, 0) is 139 Å². The number of fused-ring (bicyclic) bond motifs is 7. The Morgan fingerprint density at radius 3 is 1.36 bits per heavy atom. The average Bonchev–Trinajstić information content (AvgIpc) is 3.62. The van der Waals surface area contributed by atoms with Gasteiger partial charge in [-0.1, -0.05) is 244 Å². The van der Waals surface area contributed by atoms with Crippen LogP contribution in [0.5, 0.6) is 0 Å². The summed E-state index contributed by atoms with van der Waals surface area (Å²) >= 11 is 0. The molecule has 1 unspecified atom stereocenters. The van der Waals surface area contributed by atoms with Gasteiger partial charge in [-0.3, -0.25) is 0 Å². The van der Waals surface area contributed by atoms with Crippen LogP contribution in [0.3, 0.4) is 0 Å². The van der Waals surface area contributed by atoms with Gasteiger partial charge in [-0.25, -0.2) is 0 Å². The number of hydrogen-bond acceptors (Lipinski definition) is 0. The molecule has 0 saturated carbocycles. The Balaban J connectivity index is 0.945. The second-order valence-electron chi connectivity index (χ2n) is 19.0. The summed E-state index contributed by atoms with van der Waals surface area (Å²) in [4.78, 5) is 0. The van der Waals surface area contributed by atoms with Crippen molar-refractivity contribution in [1.82, 2.24) is 0 Å². The van der Waals surface area contributed by atoms with E-state index in [9.17, 15) is 0 Å². The van der Waals surface area contributed by atoms with E-state index in [4.69, 9.17) is 0 Å². The van der Waals surface area contributed by atoms with E-state index < -0.39 is 0 Å². The van der Waals surface area contributed by atoms with Gasteiger partial charge in [-0.2, -0.15) is 0 Å². The lowest BCUT2D eigenvalue weighted by atomic mass is 9.77. The van der Waals surface area contributed by atoms with Gasteiger partial charge in [0.25, 0.3) is 0 Å². The number of allylic oxidation sites excluding steroid dienone is 4. The summed E-state index contributed by atoms with van der Waals surface area (Å²) in [5.74, 6) is 0.317. The fourth-order valence-corrected chi connectivity index (χ4v) is 11.8. The summed E-state index contributed by atoms with van der Waals surface area (Å²) in [5.41, 5.74) is 19.6. The van der Waals surface area contributed by atoms with E-state index in [2.05, 4.69) is 250 Å². The molecule has 2 aliphatic rings. The first-order valence-corrected chi connectivity index (χ1v) is 23.8. The molecule has 0 spiro atoms. The van der Waals surface area contributed by atoms with Gasteiger partial charge in [0.05, 0.1) is 0 Å². The molecule has 2 aliphatic carbocycles. The fourth-order valence-electron chi connectivity index (χ4n) is 11.8. The van der Waals surface area contributed by atoms with Gasteiger partial charge in [0, 0.05) is 11.3 Å². The van der Waals surface area contributed by atoms with E-state index in [1.807, 2.05) is 0 Å². The van der Waals surface area contributed by atoms with Crippen molar-refractivity contribution in [2.75, 3.05) is 0 Å². The summed E-state index contributed by atoms with van der Waals surface area (Å²) in [5, 5.41) is 10.1. The number of benzene rings is 11. The summed E-state index contributed by atoms with van der Waals surface area (Å²) in [6.45, 7) is 4.78. The molecule has 0 fully saturated rings. The molecule has 67 heavy (non-hydrogen) atoms. The molecule has 0 radical (unpaired) electrons. The van der Waals surface area contributed by atoms with E-state index in [0.29, 0.717) is 5.92 Å². The van der Waals surface area contributed by atoms with Crippen LogP contribution in [-0.4, -0.2) is 0 Å². The molecule has 0 bridgehead atoms. The van der Waals surface area contributed by atoms with E-state index in [1.54, 1.807) is 0 Å². The van der Waals surface area contributed by atoms with Crippen molar-refractivity contribution in [3.63, 3.8) is 0 Å². The third-order valence-corrected chi connectivity index (χ3v) is 15.0. The quantitative estimate of drug-likeness (QED) is 0.146. The molecule has 0 saturated heterocycles. The van der Waals surface area contributed by atoms with Crippen molar-refractivity contribution in [2.24, 2.45) is 0 Å². The molecule has 316 valence electrons. The van der Waals surface area contributed by atoms with Crippen LogP contribution in [0.4, 0.5) is 0 Å². The van der Waals surface area contributed by atoms with Crippen LogP contribution in [0.25, 0.3) is 104 Å². The van der Waals surface area contributed by atoms with Crippen molar-refractivity contribution >= 4 is 48.7 Å². The maximum atomic E-state index is 2.57. The molecule has 0 N–H and O–H groups in total. The Morgan fingerprint density at radius 1 is 0.343 bits per heavy atom. The lowest BCUT2D eigenvalue weighted by Crippen LogP contribution is -2.17. The zero-order valence-electron chi connectivity index (χ0n) is 37.8. The first-order valence-electron chi connectivity index (χ1n) is 23.8. The predicted molar refractivity (Wildman–Crippen MR) is 287 cm³/mol. The second kappa shape index (κ2) is 15.5. The first kappa shape index (κ1) is 39.3. The van der Waals surface area contributed by atoms with Gasteiger partial charge in [0.1, 0.15) is 0 Å². The summed E-state index contributed by atoms with van der Waals surface area (Å²) in [6, 6.07) is 83.6. The molecule has 0 aliphatic heterocycles. The van der Waals surface area contributed by atoms with Crippen LogP contribution in [0.1, 0.15) is 42.9 Å². The van der Waals surface area contributed by atoms with Crippen LogP contribution in [0, 0.1) is 0 Å². The van der Waals surface area contributed by atoms with E-state index in [0.717, 1.165) is 6.42 Å². The smallest absolute Gasteiger partial charge is 0.0155 e. The number of hydrogen-bond donors (Lipinski definition) is 0. The molecule has 1 atom stereocenters. The van der Waals surface area contributed by atoms with Crippen LogP contribution in [0.2, 0.25) is 0 Å². The predicted octanol–water partition coefficient (Wildman–Crippen LogP) is 18.4. The van der Waals surface area contributed by atoms with Gasteiger partial charge < -0.3 is 0 Å². The van der Waals surface area contributed by atoms with Crippen molar-refractivity contribution in [3.8, 4) is 55.6 Å². The van der Waals surface area contributed by atoms with Crippen LogP contribution >= 0.6 is 0 Å². The van der Waals surface area contributed by atoms with Crippen molar-refractivity contribution in [2.45, 2.75) is 31.6 Å². The largest absolute Gasteiger partial charge is 0.0754 e. The maximum Gasteiger partial charge on any atom is 0.0155 e. The molecule has 0 heterocycles. The van der Waals surface area contributed by atoms with Gasteiger partial charge >= 0.3 is 0 Å². The van der Waals surface area contributed by atoms with Gasteiger partial charge in [-0.15, -0.1) is 0 Å². The van der Waals surface area contributed by atoms with Gasteiger partial charge in [0.15, 0.2) is 0 Å². The highest BCUT2D eigenvalue weighted by atomic mass is 14.4. The standard InChI is InChI=1S/C67H48/c1-67(2)61-31-16-15-24-51(61)52-38-36-49(42-62(52)67)47-22-17-23-50(40-47)66-57-29-13-10-26-54(57)63(55-27-11-14-30-58(55)66)45-32-34-46(35-33-45)64-53-25-9-12-28-56(53)65(44-20-7-4-8-21-44)60-41-48(37-39-59(60)64)43-18-5-3-6-19-43/h3-35,37-42,49H,36H2,1-2H3. The minimum Gasteiger partial charge on any atom is -0.0754 e. The molecule has 0 heteroatoms. The van der Waals surface area contributed by atoms with Crippen molar-refractivity contribution < 1.29 is 0 Å². The van der Waals surface area contributed by atoms with Crippen LogP contribution in [0.15, 0.2) is 242 Å². The first-order chi connectivity index (χ1) is 33.0. The molecule has 0 nitrogen and oxygen atoms in total. The highest BCUT2D eigenvalue weighted by Gasteiger charge is 2.39. The van der Waals surface area contributed by atoms with Crippen LogP contribution in [-0.2, 0) is 5.41 Å². The summed E-state index contributed by atoms with van der Waals surface area (Å²) in [7, 11) is 0. The van der Waals surface area contributed by atoms with E-state index >= 15 is 0 Å². The minimum atomic E-state index is -0.0136. The SMILES string of the molecule is CC1(C)C2=CC(c3cccc(-c4c5ccccc5c(-c5ccc(-c6c7ccccc7c(-c7ccccc7)c7cc(-c8ccccc8)ccc67)cc5)c5ccccc45)c3)CC=C2c2ccccc21. The Morgan fingerprint density at radius 2 is 0.776 bits per heavy atom. The molecule has 13 rings (SSSR count). The molecule has 0 amide bonds. The highest BCUT2D eigenvalue weighted by molar-refractivity contribution is 6.23. The maximum absolute atomic E-state index is 2.57. The van der Waals surface area contributed by atoms with E-state index in [1.165, 1.54) is 127 Å². The molecule has 11 aromatic rings. The third-order valence-electron chi connectivity index (χ3n) is 15.0. The lowest BCUT2D eigenvalue weighted by molar-refractivity contribution is 0.648. The fraction of sp³-hybridized carbons (Fsp3) is 0.0746. The van der Waals surface area contributed by atoms with Crippen molar-refractivity contribution in [3.05, 3.63) is 259 Å². The average molecular weight is 853 g/mol. The van der Waals surface area contributed by atoms with Crippen LogP contribution < -0.4 is 0 Å². The highest BCUT2D eigenvalue weighted by Crippen LogP contribution is 2.53. The van der Waals surface area contributed by atoms with E-state index in [-0.39, 0.29) is 5.41 Å². The summed E-state index contributed by atoms with van der Waals surface area (Å²) in [6.07, 6.45) is 6.07. The monoisotopic (exact) mass is 852 g/mol. The van der Waals surface area contributed by atoms with Gasteiger partial charge in [0.2, 0.25) is 0 Å². The zero-order chi connectivity index (χ0) is 44.6. The second-order valence-corrected chi connectivity index (χ2v) is 19.0. The molecular formula is C67H48. The zero-order valence-corrected chi connectivity index (χ0v) is 37.8. The Kier molecular flexibility index (Phi) is 9.12. The summed E-state index contributed by atoms with van der Waals surface area (Å²) < 4.78 is 0. The topological polar surface area (TPSA) is 0 Å². The third kappa shape index (κ3) is 6.28. The Bertz CT molecular complexity index is 3770. The normalized spacial score (nSPS) is 15.1. The molecule has 11 aromatic carbocycles. The Labute approximate surface area is 392 Å². The van der Waals surface area contributed by atoms with Crippen molar-refractivity contribution in [1.29, 1.82) is 0 Å². The minimum absolute atomic E-state index is 0.0136. The Hall–Kier alpha value is -8.06. The molecule has 0 aromatic heterocycles.